The summed E-state index contributed by atoms with van der Waals surface area (Å²) in [6, 6.07) is 3.24. The van der Waals surface area contributed by atoms with Crippen LogP contribution in [-0.4, -0.2) is 31.1 Å². The molecule has 0 aromatic heterocycles. The number of carboxylic acids is 1. The molecule has 1 N–H and O–H groups in total. The Labute approximate surface area is 111 Å². The number of rotatable bonds is 5. The van der Waals surface area contributed by atoms with E-state index in [4.69, 9.17) is 9.47 Å². The molecule has 0 aliphatic heterocycles. The first-order valence-corrected chi connectivity index (χ1v) is 5.97. The average molecular weight is 264 g/mol. The molecule has 0 spiro atoms. The molecule has 1 aliphatic rings. The maximum absolute atomic E-state index is 12.4. The lowest BCUT2D eigenvalue weighted by atomic mass is 9.93. The van der Waals surface area contributed by atoms with Crippen molar-refractivity contribution in [1.29, 1.82) is 0 Å². The van der Waals surface area contributed by atoms with Gasteiger partial charge in [-0.25, -0.2) is 0 Å². The van der Waals surface area contributed by atoms with E-state index in [0.717, 1.165) is 5.56 Å². The van der Waals surface area contributed by atoms with Crippen molar-refractivity contribution in [1.82, 2.24) is 0 Å². The zero-order valence-corrected chi connectivity index (χ0v) is 11.1. The highest BCUT2D eigenvalue weighted by Crippen LogP contribution is 2.50. The molecular weight excluding hydrogens is 248 g/mol. The van der Waals surface area contributed by atoms with E-state index >= 15 is 0 Å². The van der Waals surface area contributed by atoms with Gasteiger partial charge in [-0.3, -0.25) is 9.59 Å². The third-order valence-electron chi connectivity index (χ3n) is 3.56. The lowest BCUT2D eigenvalue weighted by Crippen LogP contribution is -2.26. The van der Waals surface area contributed by atoms with E-state index in [9.17, 15) is 14.7 Å². The number of ketones is 1. The molecule has 0 atom stereocenters. The summed E-state index contributed by atoms with van der Waals surface area (Å²) in [6.45, 7) is 1.83. The van der Waals surface area contributed by atoms with Gasteiger partial charge in [-0.05, 0) is 37.5 Å². The third kappa shape index (κ3) is 2.05. The van der Waals surface area contributed by atoms with Gasteiger partial charge in [0, 0.05) is 0 Å². The number of carbonyl (C=O) groups excluding carboxylic acids is 1. The Morgan fingerprint density at radius 1 is 1.16 bits per heavy atom. The minimum absolute atomic E-state index is 0.268. The molecule has 1 aromatic carbocycles. The maximum Gasteiger partial charge on any atom is 0.317 e. The predicted octanol–water partition coefficient (Wildman–Crippen LogP) is 2.06. The summed E-state index contributed by atoms with van der Waals surface area (Å²) >= 11 is 0. The highest BCUT2D eigenvalue weighted by Gasteiger charge is 2.57. The Morgan fingerprint density at radius 2 is 1.74 bits per heavy atom. The van der Waals surface area contributed by atoms with Gasteiger partial charge in [-0.1, -0.05) is 0 Å². The molecule has 0 radical (unpaired) electrons. The first-order chi connectivity index (χ1) is 8.96. The molecular formula is C14H16O5. The normalized spacial score (nSPS) is 15.7. The van der Waals surface area contributed by atoms with Crippen LogP contribution in [-0.2, 0) is 4.79 Å². The molecule has 102 valence electrons. The number of carboxylic acid groups (broad SMARTS) is 1. The summed E-state index contributed by atoms with van der Waals surface area (Å²) in [6.07, 6.45) is 0.751. The van der Waals surface area contributed by atoms with Crippen molar-refractivity contribution in [2.45, 2.75) is 19.8 Å². The van der Waals surface area contributed by atoms with E-state index in [0.29, 0.717) is 24.3 Å². The number of Topliss-reactive ketones (excluding diaryl/α,β-unsaturated/α-hetero) is 1. The number of hydrogen-bond donors (Lipinski definition) is 1. The number of aryl methyl sites for hydroxylation is 1. The van der Waals surface area contributed by atoms with Crippen molar-refractivity contribution in [3.63, 3.8) is 0 Å². The lowest BCUT2D eigenvalue weighted by molar-refractivity contribution is -0.141. The van der Waals surface area contributed by atoms with Crippen LogP contribution in [0.5, 0.6) is 11.5 Å². The molecule has 2 rings (SSSR count). The van der Waals surface area contributed by atoms with Crippen molar-refractivity contribution in [2.75, 3.05) is 14.2 Å². The highest BCUT2D eigenvalue weighted by atomic mass is 16.5. The van der Waals surface area contributed by atoms with Gasteiger partial charge in [0.2, 0.25) is 0 Å². The van der Waals surface area contributed by atoms with Gasteiger partial charge in [0.1, 0.15) is 16.9 Å². The second kappa shape index (κ2) is 4.57. The Kier molecular flexibility index (Phi) is 3.22. The quantitative estimate of drug-likeness (QED) is 0.651. The highest BCUT2D eigenvalue weighted by molar-refractivity contribution is 6.15. The molecule has 0 unspecified atom stereocenters. The number of hydrogen-bond acceptors (Lipinski definition) is 4. The van der Waals surface area contributed by atoms with E-state index in [1.165, 1.54) is 14.2 Å². The van der Waals surface area contributed by atoms with Crippen LogP contribution in [0.3, 0.4) is 0 Å². The second-order valence-electron chi connectivity index (χ2n) is 4.74. The van der Waals surface area contributed by atoms with Crippen LogP contribution in [0.25, 0.3) is 0 Å². The van der Waals surface area contributed by atoms with Crippen LogP contribution in [0.2, 0.25) is 0 Å². The first-order valence-electron chi connectivity index (χ1n) is 5.97. The van der Waals surface area contributed by atoms with E-state index in [1.807, 2.05) is 6.92 Å². The lowest BCUT2D eigenvalue weighted by Gasteiger charge is -2.15. The fraction of sp³-hybridized carbons (Fsp3) is 0.429. The van der Waals surface area contributed by atoms with Gasteiger partial charge in [-0.15, -0.1) is 0 Å². The van der Waals surface area contributed by atoms with E-state index < -0.39 is 17.2 Å². The first kappa shape index (κ1) is 13.4. The van der Waals surface area contributed by atoms with Crippen molar-refractivity contribution >= 4 is 11.8 Å². The Bertz CT molecular complexity index is 543. The van der Waals surface area contributed by atoms with Crippen LogP contribution in [0.1, 0.15) is 28.8 Å². The number of carbonyl (C=O) groups is 2. The molecule has 0 saturated heterocycles. The smallest absolute Gasteiger partial charge is 0.317 e. The topological polar surface area (TPSA) is 72.8 Å². The van der Waals surface area contributed by atoms with Gasteiger partial charge in [0.25, 0.3) is 0 Å². The fourth-order valence-electron chi connectivity index (χ4n) is 2.15. The van der Waals surface area contributed by atoms with Crippen molar-refractivity contribution in [3.05, 3.63) is 23.3 Å². The summed E-state index contributed by atoms with van der Waals surface area (Å²) in [7, 11) is 2.96. The standard InChI is InChI=1S/C14H16O5/c1-8-6-11(19-3)9(7-10(8)18-2)12(15)14(4-5-14)13(16)17/h6-7H,4-5H2,1-3H3,(H,16,17). The Balaban J connectivity index is 2.50. The fourth-order valence-corrected chi connectivity index (χ4v) is 2.15. The molecule has 19 heavy (non-hydrogen) atoms. The van der Waals surface area contributed by atoms with Crippen LogP contribution >= 0.6 is 0 Å². The summed E-state index contributed by atoms with van der Waals surface area (Å²) in [5.74, 6) is -0.546. The van der Waals surface area contributed by atoms with Gasteiger partial charge in [0.15, 0.2) is 5.78 Å². The molecule has 1 aromatic rings. The molecule has 5 nitrogen and oxygen atoms in total. The number of methoxy groups -OCH3 is 2. The second-order valence-corrected chi connectivity index (χ2v) is 4.74. The maximum atomic E-state index is 12.4. The SMILES string of the molecule is COc1cc(C(=O)C2(C(=O)O)CC2)c(OC)cc1C. The molecule has 1 aliphatic carbocycles. The Hall–Kier alpha value is -2.04. The molecule has 1 fully saturated rings. The van der Waals surface area contributed by atoms with E-state index in [1.54, 1.807) is 12.1 Å². The third-order valence-corrected chi connectivity index (χ3v) is 3.56. The van der Waals surface area contributed by atoms with Crippen LogP contribution in [0, 0.1) is 12.3 Å². The van der Waals surface area contributed by atoms with Gasteiger partial charge in [0.05, 0.1) is 19.8 Å². The van der Waals surface area contributed by atoms with Crippen molar-refractivity contribution in [3.8, 4) is 11.5 Å². The molecule has 0 heterocycles. The van der Waals surface area contributed by atoms with Gasteiger partial charge in [-0.2, -0.15) is 0 Å². The number of ether oxygens (including phenoxy) is 2. The van der Waals surface area contributed by atoms with E-state index in [-0.39, 0.29) is 5.56 Å². The van der Waals surface area contributed by atoms with E-state index in [2.05, 4.69) is 0 Å². The number of benzene rings is 1. The monoisotopic (exact) mass is 264 g/mol. The van der Waals surface area contributed by atoms with Crippen molar-refractivity contribution < 1.29 is 24.2 Å². The number of aliphatic carboxylic acids is 1. The molecule has 1 saturated carbocycles. The molecule has 0 amide bonds. The molecule has 0 bridgehead atoms. The average Bonchev–Trinajstić information content (AvgIpc) is 3.19. The minimum Gasteiger partial charge on any atom is -0.496 e. The summed E-state index contributed by atoms with van der Waals surface area (Å²) in [5, 5.41) is 9.19. The summed E-state index contributed by atoms with van der Waals surface area (Å²) < 4.78 is 10.4. The predicted molar refractivity (Wildman–Crippen MR) is 67.9 cm³/mol. The van der Waals surface area contributed by atoms with Crippen LogP contribution in [0.4, 0.5) is 0 Å². The zero-order chi connectivity index (χ0) is 14.2. The summed E-state index contributed by atoms with van der Waals surface area (Å²) in [5.41, 5.74) is -0.172. The minimum atomic E-state index is -1.27. The summed E-state index contributed by atoms with van der Waals surface area (Å²) in [4.78, 5) is 23.6. The zero-order valence-electron chi connectivity index (χ0n) is 11.1. The largest absolute Gasteiger partial charge is 0.496 e. The van der Waals surface area contributed by atoms with Crippen molar-refractivity contribution in [2.24, 2.45) is 5.41 Å². The Morgan fingerprint density at radius 3 is 2.16 bits per heavy atom. The van der Waals surface area contributed by atoms with Gasteiger partial charge >= 0.3 is 5.97 Å². The van der Waals surface area contributed by atoms with Crippen LogP contribution in [0.15, 0.2) is 12.1 Å². The van der Waals surface area contributed by atoms with Crippen LogP contribution < -0.4 is 9.47 Å². The van der Waals surface area contributed by atoms with Gasteiger partial charge < -0.3 is 14.6 Å². The molecule has 5 heteroatoms.